The number of aryl methyl sites for hydroxylation is 2. The van der Waals surface area contributed by atoms with Crippen LogP contribution in [0.1, 0.15) is 29.2 Å². The molecule has 0 aliphatic carbocycles. The molecule has 0 bridgehead atoms. The topological polar surface area (TPSA) is 49.4 Å². The van der Waals surface area contributed by atoms with Gasteiger partial charge in [0.05, 0.1) is 15.8 Å². The van der Waals surface area contributed by atoms with Gasteiger partial charge in [0.2, 0.25) is 11.8 Å². The van der Waals surface area contributed by atoms with Gasteiger partial charge in [0, 0.05) is 19.3 Å². The summed E-state index contributed by atoms with van der Waals surface area (Å²) in [5, 5.41) is 3.49. The van der Waals surface area contributed by atoms with Crippen LogP contribution in [0.2, 0.25) is 10.0 Å². The number of likely N-dealkylation sites (N-methyl/N-ethyl adjacent to an activating group) is 1. The Labute approximate surface area is 187 Å². The van der Waals surface area contributed by atoms with Gasteiger partial charge in [-0.25, -0.2) is 0 Å². The predicted molar refractivity (Wildman–Crippen MR) is 123 cm³/mol. The van der Waals surface area contributed by atoms with E-state index in [1.54, 1.807) is 42.8 Å². The molecule has 0 fully saturated rings. The number of amides is 2. The molecule has 156 valence electrons. The molecule has 1 atom stereocenters. The Kier molecular flexibility index (Phi) is 8.87. The largest absolute Gasteiger partial charge is 0.357 e. The maximum atomic E-state index is 13.0. The Morgan fingerprint density at radius 1 is 1.03 bits per heavy atom. The lowest BCUT2D eigenvalue weighted by Gasteiger charge is -2.28. The van der Waals surface area contributed by atoms with E-state index in [4.69, 9.17) is 23.2 Å². The van der Waals surface area contributed by atoms with Crippen LogP contribution in [-0.4, -0.2) is 35.6 Å². The van der Waals surface area contributed by atoms with Crippen LogP contribution in [-0.2, 0) is 21.9 Å². The van der Waals surface area contributed by atoms with Crippen LogP contribution in [0.3, 0.4) is 0 Å². The lowest BCUT2D eigenvalue weighted by molar-refractivity contribution is -0.138. The number of carbonyl (C=O) groups is 2. The Morgan fingerprint density at radius 3 is 2.28 bits per heavy atom. The first-order valence-corrected chi connectivity index (χ1v) is 11.2. The second-order valence-corrected chi connectivity index (χ2v) is 8.85. The Hall–Kier alpha value is -1.69. The Bertz CT molecular complexity index is 869. The van der Waals surface area contributed by atoms with Crippen molar-refractivity contribution >= 4 is 46.8 Å². The molecule has 7 heteroatoms. The fourth-order valence-electron chi connectivity index (χ4n) is 3.12. The van der Waals surface area contributed by atoms with Crippen LogP contribution < -0.4 is 5.32 Å². The van der Waals surface area contributed by atoms with Crippen molar-refractivity contribution in [2.24, 2.45) is 0 Å². The maximum absolute atomic E-state index is 13.0. The lowest BCUT2D eigenvalue weighted by Crippen LogP contribution is -2.47. The molecular formula is C22H26Cl2N2O2S. The smallest absolute Gasteiger partial charge is 0.242 e. The first-order valence-electron chi connectivity index (χ1n) is 9.31. The normalized spacial score (nSPS) is 11.8. The molecular weight excluding hydrogens is 427 g/mol. The number of thioether (sulfide) groups is 1. The average Bonchev–Trinajstić information content (AvgIpc) is 2.66. The standard InChI is InChI=1S/C22H26Cl2N2O2S/c1-14-7-15(2)9-18(8-14)12-29-13-21(27)26(16(3)22(28)25-4)11-17-5-6-19(23)20(24)10-17/h5-10,16H,11-13H2,1-4H3,(H,25,28). The SMILES string of the molecule is CNC(=O)C(C)N(Cc1ccc(Cl)c(Cl)c1)C(=O)CSCc1cc(C)cc(C)c1. The van der Waals surface area contributed by atoms with Crippen molar-refractivity contribution in [2.75, 3.05) is 12.8 Å². The van der Waals surface area contributed by atoms with Crippen LogP contribution in [0, 0.1) is 13.8 Å². The minimum absolute atomic E-state index is 0.0958. The van der Waals surface area contributed by atoms with Gasteiger partial charge in [-0.1, -0.05) is 58.6 Å². The average molecular weight is 453 g/mol. The zero-order valence-electron chi connectivity index (χ0n) is 17.1. The second kappa shape index (κ2) is 10.9. The molecule has 4 nitrogen and oxygen atoms in total. The summed E-state index contributed by atoms with van der Waals surface area (Å²) in [5.41, 5.74) is 4.43. The molecule has 0 saturated carbocycles. The minimum atomic E-state index is -0.594. The van der Waals surface area contributed by atoms with E-state index in [9.17, 15) is 9.59 Å². The van der Waals surface area contributed by atoms with E-state index in [-0.39, 0.29) is 24.1 Å². The summed E-state index contributed by atoms with van der Waals surface area (Å²) in [6.45, 7) is 6.14. The van der Waals surface area contributed by atoms with E-state index in [0.717, 1.165) is 11.3 Å². The van der Waals surface area contributed by atoms with Gasteiger partial charge in [-0.2, -0.15) is 0 Å². The molecule has 2 aromatic carbocycles. The van der Waals surface area contributed by atoms with Gasteiger partial charge in [0.25, 0.3) is 0 Å². The van der Waals surface area contributed by atoms with Crippen LogP contribution in [0.4, 0.5) is 0 Å². The molecule has 0 heterocycles. The molecule has 29 heavy (non-hydrogen) atoms. The molecule has 2 rings (SSSR count). The van der Waals surface area contributed by atoms with Crippen LogP contribution >= 0.6 is 35.0 Å². The summed E-state index contributed by atoms with van der Waals surface area (Å²) in [7, 11) is 1.56. The number of rotatable bonds is 8. The van der Waals surface area contributed by atoms with Crippen molar-refractivity contribution < 1.29 is 9.59 Å². The summed E-state index contributed by atoms with van der Waals surface area (Å²) in [5.74, 6) is 0.720. The zero-order valence-corrected chi connectivity index (χ0v) is 19.4. The van der Waals surface area contributed by atoms with E-state index in [0.29, 0.717) is 10.0 Å². The second-order valence-electron chi connectivity index (χ2n) is 7.05. The summed E-state index contributed by atoms with van der Waals surface area (Å²) in [4.78, 5) is 26.7. The van der Waals surface area contributed by atoms with Crippen LogP contribution in [0.5, 0.6) is 0 Å². The van der Waals surface area contributed by atoms with E-state index in [1.807, 2.05) is 6.07 Å². The van der Waals surface area contributed by atoms with Crippen LogP contribution in [0.15, 0.2) is 36.4 Å². The summed E-state index contributed by atoms with van der Waals surface area (Å²) < 4.78 is 0. The van der Waals surface area contributed by atoms with Gasteiger partial charge in [-0.3, -0.25) is 9.59 Å². The quantitative estimate of drug-likeness (QED) is 0.612. The number of halogens is 2. The lowest BCUT2D eigenvalue weighted by atomic mass is 10.1. The van der Waals surface area contributed by atoms with Gasteiger partial charge in [0.15, 0.2) is 0 Å². The number of benzene rings is 2. The molecule has 1 N–H and O–H groups in total. The molecule has 2 aromatic rings. The third-order valence-corrected chi connectivity index (χ3v) is 6.25. The summed E-state index contributed by atoms with van der Waals surface area (Å²) in [6.07, 6.45) is 0. The molecule has 0 aromatic heterocycles. The fourth-order valence-corrected chi connectivity index (χ4v) is 4.28. The molecule has 0 aliphatic rings. The number of carbonyl (C=O) groups excluding carboxylic acids is 2. The maximum Gasteiger partial charge on any atom is 0.242 e. The van der Waals surface area contributed by atoms with E-state index < -0.39 is 6.04 Å². The minimum Gasteiger partial charge on any atom is -0.357 e. The van der Waals surface area contributed by atoms with Gasteiger partial charge in [-0.05, 0) is 44.0 Å². The third kappa shape index (κ3) is 6.95. The van der Waals surface area contributed by atoms with Gasteiger partial charge >= 0.3 is 0 Å². The van der Waals surface area contributed by atoms with Gasteiger partial charge in [0.1, 0.15) is 6.04 Å². The molecule has 0 aliphatic heterocycles. The monoisotopic (exact) mass is 452 g/mol. The van der Waals surface area contributed by atoms with Crippen molar-refractivity contribution in [3.8, 4) is 0 Å². The summed E-state index contributed by atoms with van der Waals surface area (Å²) in [6, 6.07) is 11.0. The summed E-state index contributed by atoms with van der Waals surface area (Å²) >= 11 is 13.6. The van der Waals surface area contributed by atoms with Crippen molar-refractivity contribution in [2.45, 2.75) is 39.1 Å². The highest BCUT2D eigenvalue weighted by Gasteiger charge is 2.25. The van der Waals surface area contributed by atoms with E-state index in [1.165, 1.54) is 16.7 Å². The number of nitrogens with one attached hydrogen (secondary N) is 1. The molecule has 0 radical (unpaired) electrons. The highest BCUT2D eigenvalue weighted by Crippen LogP contribution is 2.24. The highest BCUT2D eigenvalue weighted by atomic mass is 35.5. The Morgan fingerprint density at radius 2 is 1.69 bits per heavy atom. The molecule has 1 unspecified atom stereocenters. The van der Waals surface area contributed by atoms with Crippen molar-refractivity contribution in [1.29, 1.82) is 0 Å². The Balaban J connectivity index is 2.09. The number of hydrogen-bond donors (Lipinski definition) is 1. The molecule has 0 spiro atoms. The van der Waals surface area contributed by atoms with Crippen molar-refractivity contribution in [3.63, 3.8) is 0 Å². The van der Waals surface area contributed by atoms with E-state index in [2.05, 4.69) is 37.4 Å². The van der Waals surface area contributed by atoms with Gasteiger partial charge < -0.3 is 10.2 Å². The van der Waals surface area contributed by atoms with Crippen molar-refractivity contribution in [1.82, 2.24) is 10.2 Å². The van der Waals surface area contributed by atoms with E-state index >= 15 is 0 Å². The first-order chi connectivity index (χ1) is 13.7. The fraction of sp³-hybridized carbons (Fsp3) is 0.364. The molecule has 0 saturated heterocycles. The highest BCUT2D eigenvalue weighted by molar-refractivity contribution is 7.99. The van der Waals surface area contributed by atoms with Gasteiger partial charge in [-0.15, -0.1) is 11.8 Å². The molecule has 2 amide bonds. The number of hydrogen-bond acceptors (Lipinski definition) is 3. The van der Waals surface area contributed by atoms with Crippen LogP contribution in [0.25, 0.3) is 0 Å². The predicted octanol–water partition coefficient (Wildman–Crippen LogP) is 5.01. The first kappa shape index (κ1) is 23.6. The number of nitrogens with zero attached hydrogens (tertiary/aromatic N) is 1. The van der Waals surface area contributed by atoms with Crippen molar-refractivity contribution in [3.05, 3.63) is 68.7 Å². The zero-order chi connectivity index (χ0) is 21.6. The third-order valence-electron chi connectivity index (χ3n) is 4.53.